The van der Waals surface area contributed by atoms with Crippen LogP contribution < -0.4 is 9.46 Å². The molecule has 0 spiro atoms. The number of aliphatic hydroxyl groups is 1. The molecule has 0 radical (unpaired) electrons. The highest BCUT2D eigenvalue weighted by atomic mass is 32.2. The average Bonchev–Trinajstić information content (AvgIpc) is 3.25. The van der Waals surface area contributed by atoms with E-state index in [1.165, 1.54) is 18.2 Å². The standard InChI is InChI=1S/C27H24F3N3O4S/c1-33-20(15-24(31-33)17-7-3-2-4-8-17)13-19-16-37-25-14-18(11-12-22(25)26(19)34)21-9-5-6-10-23(21)32-38(35,36)27(28,29)30/h2-12,14-15,19,26,32,34H,13,16H2,1H3/t19-,26+/m0/s1. The van der Waals surface area contributed by atoms with Gasteiger partial charge in [-0.3, -0.25) is 9.40 Å². The minimum atomic E-state index is -5.59. The van der Waals surface area contributed by atoms with Crippen LogP contribution in [-0.2, 0) is 23.5 Å². The molecule has 2 heterocycles. The van der Waals surface area contributed by atoms with E-state index < -0.39 is 21.6 Å². The zero-order chi connectivity index (χ0) is 27.1. The molecule has 0 amide bonds. The van der Waals surface area contributed by atoms with Crippen LogP contribution in [0.2, 0.25) is 0 Å². The summed E-state index contributed by atoms with van der Waals surface area (Å²) in [6.07, 6.45) is -0.331. The molecule has 1 aliphatic heterocycles. The predicted molar refractivity (Wildman–Crippen MR) is 137 cm³/mol. The van der Waals surface area contributed by atoms with Gasteiger partial charge in [-0.2, -0.15) is 26.7 Å². The van der Waals surface area contributed by atoms with E-state index in [2.05, 4.69) is 5.10 Å². The number of sulfonamides is 1. The summed E-state index contributed by atoms with van der Waals surface area (Å²) < 4.78 is 71.5. The Hall–Kier alpha value is -3.83. The molecule has 0 fully saturated rings. The Bertz CT molecular complexity index is 1570. The van der Waals surface area contributed by atoms with Gasteiger partial charge in [0.15, 0.2) is 0 Å². The highest BCUT2D eigenvalue weighted by molar-refractivity contribution is 7.93. The molecule has 198 valence electrons. The number of halogens is 3. The van der Waals surface area contributed by atoms with Crippen molar-refractivity contribution >= 4 is 15.7 Å². The van der Waals surface area contributed by atoms with Crippen LogP contribution in [0.1, 0.15) is 17.4 Å². The molecule has 0 saturated carbocycles. The third-order valence-electron chi connectivity index (χ3n) is 6.54. The van der Waals surface area contributed by atoms with Crippen LogP contribution >= 0.6 is 0 Å². The average molecular weight is 544 g/mol. The summed E-state index contributed by atoms with van der Waals surface area (Å²) in [6.45, 7) is 0.214. The Kier molecular flexibility index (Phi) is 6.66. The highest BCUT2D eigenvalue weighted by Crippen LogP contribution is 2.41. The molecule has 3 aromatic carbocycles. The Morgan fingerprint density at radius 3 is 2.47 bits per heavy atom. The summed E-state index contributed by atoms with van der Waals surface area (Å²) in [5.74, 6) is 0.132. The maximum absolute atomic E-state index is 12.9. The third kappa shape index (κ3) is 4.99. The largest absolute Gasteiger partial charge is 0.516 e. The molecule has 0 aliphatic carbocycles. The molecule has 2 atom stereocenters. The Morgan fingerprint density at radius 1 is 1.03 bits per heavy atom. The van der Waals surface area contributed by atoms with Crippen LogP contribution in [0.5, 0.6) is 5.75 Å². The summed E-state index contributed by atoms with van der Waals surface area (Å²) in [4.78, 5) is 0. The van der Waals surface area contributed by atoms with E-state index in [1.54, 1.807) is 33.7 Å². The van der Waals surface area contributed by atoms with Crippen molar-refractivity contribution < 1.29 is 31.4 Å². The highest BCUT2D eigenvalue weighted by Gasteiger charge is 2.46. The number of nitrogens with zero attached hydrogens (tertiary/aromatic N) is 2. The zero-order valence-corrected chi connectivity index (χ0v) is 21.0. The van der Waals surface area contributed by atoms with Crippen molar-refractivity contribution in [3.8, 4) is 28.1 Å². The van der Waals surface area contributed by atoms with E-state index in [0.29, 0.717) is 23.3 Å². The topological polar surface area (TPSA) is 93.5 Å². The second-order valence-electron chi connectivity index (χ2n) is 9.08. The molecule has 0 unspecified atom stereocenters. The quantitative estimate of drug-likeness (QED) is 0.344. The van der Waals surface area contributed by atoms with Crippen molar-refractivity contribution in [1.82, 2.24) is 9.78 Å². The fourth-order valence-electron chi connectivity index (χ4n) is 4.53. The molecule has 7 nitrogen and oxygen atoms in total. The number of aromatic nitrogens is 2. The minimum Gasteiger partial charge on any atom is -0.493 e. The maximum atomic E-state index is 12.9. The van der Waals surface area contributed by atoms with Gasteiger partial charge in [0.25, 0.3) is 0 Å². The number of fused-ring (bicyclic) bond motifs is 1. The van der Waals surface area contributed by atoms with Crippen LogP contribution in [-0.4, -0.2) is 35.4 Å². The first-order valence-corrected chi connectivity index (χ1v) is 13.2. The van der Waals surface area contributed by atoms with Gasteiger partial charge in [0.05, 0.1) is 24.1 Å². The molecule has 5 rings (SSSR count). The lowest BCUT2D eigenvalue weighted by Gasteiger charge is -2.30. The number of alkyl halides is 3. The predicted octanol–water partition coefficient (Wildman–Crippen LogP) is 5.30. The molecule has 0 saturated heterocycles. The van der Waals surface area contributed by atoms with Gasteiger partial charge >= 0.3 is 15.5 Å². The number of anilines is 1. The van der Waals surface area contributed by atoms with E-state index in [0.717, 1.165) is 17.0 Å². The van der Waals surface area contributed by atoms with Crippen LogP contribution in [0, 0.1) is 5.92 Å². The normalized spacial score (nSPS) is 17.5. The lowest BCUT2D eigenvalue weighted by Crippen LogP contribution is -2.30. The van der Waals surface area contributed by atoms with Crippen LogP contribution in [0.3, 0.4) is 0 Å². The van der Waals surface area contributed by atoms with Crippen molar-refractivity contribution in [3.63, 3.8) is 0 Å². The third-order valence-corrected chi connectivity index (χ3v) is 7.63. The Labute approximate surface area is 217 Å². The van der Waals surface area contributed by atoms with Gasteiger partial charge in [0, 0.05) is 35.3 Å². The van der Waals surface area contributed by atoms with Crippen molar-refractivity contribution in [3.05, 3.63) is 90.1 Å². The van der Waals surface area contributed by atoms with E-state index in [-0.39, 0.29) is 23.8 Å². The van der Waals surface area contributed by atoms with Gasteiger partial charge in [-0.05, 0) is 30.2 Å². The van der Waals surface area contributed by atoms with Crippen LogP contribution in [0.25, 0.3) is 22.4 Å². The number of para-hydroxylation sites is 1. The number of hydrogen-bond donors (Lipinski definition) is 2. The van der Waals surface area contributed by atoms with E-state index >= 15 is 0 Å². The maximum Gasteiger partial charge on any atom is 0.516 e. The summed E-state index contributed by atoms with van der Waals surface area (Å²) in [5.41, 5.74) is -1.69. The number of aryl methyl sites for hydroxylation is 1. The molecule has 1 aromatic heterocycles. The van der Waals surface area contributed by atoms with Gasteiger partial charge in [0.1, 0.15) is 5.75 Å². The van der Waals surface area contributed by atoms with E-state index in [4.69, 9.17) is 4.74 Å². The number of hydrogen-bond acceptors (Lipinski definition) is 5. The van der Waals surface area contributed by atoms with Crippen molar-refractivity contribution in [2.24, 2.45) is 13.0 Å². The molecule has 11 heteroatoms. The van der Waals surface area contributed by atoms with Gasteiger partial charge in [-0.25, -0.2) is 0 Å². The second-order valence-corrected chi connectivity index (χ2v) is 10.8. The van der Waals surface area contributed by atoms with E-state index in [1.807, 2.05) is 43.4 Å². The Balaban J connectivity index is 1.38. The van der Waals surface area contributed by atoms with Crippen molar-refractivity contribution in [2.45, 2.75) is 18.0 Å². The Morgan fingerprint density at radius 2 is 1.74 bits per heavy atom. The SMILES string of the molecule is Cn1nc(-c2ccccc2)cc1C[C@H]1COc2cc(-c3ccccc3NS(=O)(=O)C(F)(F)F)ccc2[C@@H]1O. The van der Waals surface area contributed by atoms with E-state index in [9.17, 15) is 26.7 Å². The molecule has 4 aromatic rings. The summed E-state index contributed by atoms with van der Waals surface area (Å²) in [5, 5.41) is 15.7. The molecule has 0 bridgehead atoms. The molecular weight excluding hydrogens is 519 g/mol. The van der Waals surface area contributed by atoms with Gasteiger partial charge in [-0.15, -0.1) is 0 Å². The number of rotatable bonds is 6. The van der Waals surface area contributed by atoms with Gasteiger partial charge < -0.3 is 9.84 Å². The fourth-order valence-corrected chi connectivity index (χ4v) is 5.11. The van der Waals surface area contributed by atoms with Gasteiger partial charge in [-0.1, -0.05) is 60.7 Å². The number of aliphatic hydroxyl groups excluding tert-OH is 1. The summed E-state index contributed by atoms with van der Waals surface area (Å²) in [6, 6.07) is 22.4. The lowest BCUT2D eigenvalue weighted by atomic mass is 9.88. The summed E-state index contributed by atoms with van der Waals surface area (Å²) in [7, 11) is -3.74. The summed E-state index contributed by atoms with van der Waals surface area (Å²) >= 11 is 0. The zero-order valence-electron chi connectivity index (χ0n) is 20.2. The monoisotopic (exact) mass is 543 g/mol. The van der Waals surface area contributed by atoms with Crippen molar-refractivity contribution in [1.29, 1.82) is 0 Å². The first-order valence-electron chi connectivity index (χ1n) is 11.7. The molecule has 1 aliphatic rings. The molecular formula is C27H24F3N3O4S. The van der Waals surface area contributed by atoms with Crippen LogP contribution in [0.4, 0.5) is 18.9 Å². The number of benzene rings is 3. The van der Waals surface area contributed by atoms with Crippen LogP contribution in [0.15, 0.2) is 78.9 Å². The van der Waals surface area contributed by atoms with Gasteiger partial charge in [0.2, 0.25) is 0 Å². The molecule has 2 N–H and O–H groups in total. The fraction of sp³-hybridized carbons (Fsp3) is 0.222. The first kappa shape index (κ1) is 25.8. The molecule has 38 heavy (non-hydrogen) atoms. The first-order chi connectivity index (χ1) is 18.0. The smallest absolute Gasteiger partial charge is 0.493 e. The second kappa shape index (κ2) is 9.80. The van der Waals surface area contributed by atoms with Crippen molar-refractivity contribution in [2.75, 3.05) is 11.3 Å². The lowest BCUT2D eigenvalue weighted by molar-refractivity contribution is -0.0429. The minimum absolute atomic E-state index is 0.214. The number of ether oxygens (including phenoxy) is 1. The number of nitrogens with one attached hydrogen (secondary N) is 1.